The van der Waals surface area contributed by atoms with E-state index in [0.717, 1.165) is 5.56 Å². The van der Waals surface area contributed by atoms with E-state index in [1.54, 1.807) is 24.3 Å². The lowest BCUT2D eigenvalue weighted by atomic mass is 10.0. The lowest BCUT2D eigenvalue weighted by molar-refractivity contribution is 0.102. The van der Waals surface area contributed by atoms with Crippen LogP contribution in [0.1, 0.15) is 28.5 Å². The summed E-state index contributed by atoms with van der Waals surface area (Å²) in [7, 11) is 0. The molecule has 2 aromatic carbocycles. The number of carbonyl (C=O) groups is 1. The van der Waals surface area contributed by atoms with E-state index >= 15 is 0 Å². The SMILES string of the molecule is O=C(Nc1ccccc1)c1ccc(N[C@H](CCO)c2ccccc2)nn1. The summed E-state index contributed by atoms with van der Waals surface area (Å²) in [6.07, 6.45) is 0.544. The van der Waals surface area contributed by atoms with Gasteiger partial charge in [-0.3, -0.25) is 4.79 Å². The molecule has 0 spiro atoms. The van der Waals surface area contributed by atoms with Gasteiger partial charge >= 0.3 is 0 Å². The van der Waals surface area contributed by atoms with Gasteiger partial charge in [-0.25, -0.2) is 0 Å². The second-order valence-electron chi connectivity index (χ2n) is 5.74. The van der Waals surface area contributed by atoms with E-state index in [-0.39, 0.29) is 24.2 Å². The molecule has 26 heavy (non-hydrogen) atoms. The number of nitrogens with one attached hydrogen (secondary N) is 2. The number of anilines is 2. The summed E-state index contributed by atoms with van der Waals surface area (Å²) in [6, 6.07) is 22.2. The fourth-order valence-corrected chi connectivity index (χ4v) is 2.56. The minimum atomic E-state index is -0.315. The third-order valence-corrected chi connectivity index (χ3v) is 3.87. The maximum atomic E-state index is 12.2. The number of amides is 1. The molecule has 3 rings (SSSR count). The summed E-state index contributed by atoms with van der Waals surface area (Å²) >= 11 is 0. The number of benzene rings is 2. The standard InChI is InChI=1S/C20H20N4O2/c25-14-13-17(15-7-3-1-4-8-15)22-19-12-11-18(23-24-19)20(26)21-16-9-5-2-6-10-16/h1-12,17,25H,13-14H2,(H,21,26)(H,22,24)/t17-/m1/s1. The Kier molecular flexibility index (Phi) is 5.90. The van der Waals surface area contributed by atoms with Crippen molar-refractivity contribution in [3.8, 4) is 0 Å². The van der Waals surface area contributed by atoms with Gasteiger partial charge in [0.25, 0.3) is 5.91 Å². The number of nitrogens with zero attached hydrogens (tertiary/aromatic N) is 2. The van der Waals surface area contributed by atoms with E-state index in [4.69, 9.17) is 0 Å². The van der Waals surface area contributed by atoms with Crippen LogP contribution >= 0.6 is 0 Å². The van der Waals surface area contributed by atoms with E-state index in [1.807, 2.05) is 48.5 Å². The highest BCUT2D eigenvalue weighted by atomic mass is 16.3. The van der Waals surface area contributed by atoms with Crippen LogP contribution in [0.15, 0.2) is 72.8 Å². The maximum absolute atomic E-state index is 12.2. The van der Waals surface area contributed by atoms with Crippen molar-refractivity contribution in [2.24, 2.45) is 0 Å². The van der Waals surface area contributed by atoms with Crippen LogP contribution in [0.25, 0.3) is 0 Å². The highest BCUT2D eigenvalue weighted by Gasteiger charge is 2.13. The van der Waals surface area contributed by atoms with E-state index < -0.39 is 0 Å². The summed E-state index contributed by atoms with van der Waals surface area (Å²) in [6.45, 7) is 0.0531. The second-order valence-corrected chi connectivity index (χ2v) is 5.74. The quantitative estimate of drug-likeness (QED) is 0.610. The molecular weight excluding hydrogens is 328 g/mol. The molecule has 132 valence electrons. The molecule has 1 aromatic heterocycles. The molecule has 0 aliphatic rings. The smallest absolute Gasteiger partial charge is 0.276 e. The van der Waals surface area contributed by atoms with Gasteiger partial charge in [-0.1, -0.05) is 48.5 Å². The largest absolute Gasteiger partial charge is 0.396 e. The van der Waals surface area contributed by atoms with Crippen LogP contribution in [0.3, 0.4) is 0 Å². The topological polar surface area (TPSA) is 87.1 Å². The first-order valence-corrected chi connectivity index (χ1v) is 8.39. The van der Waals surface area contributed by atoms with Gasteiger partial charge < -0.3 is 15.7 Å². The van der Waals surface area contributed by atoms with E-state index in [2.05, 4.69) is 20.8 Å². The van der Waals surface area contributed by atoms with E-state index in [0.29, 0.717) is 17.9 Å². The Morgan fingerprint density at radius 2 is 1.62 bits per heavy atom. The molecule has 0 saturated heterocycles. The first-order chi connectivity index (χ1) is 12.8. The zero-order valence-corrected chi connectivity index (χ0v) is 14.2. The number of aliphatic hydroxyl groups is 1. The van der Waals surface area contributed by atoms with Crippen LogP contribution in [0.5, 0.6) is 0 Å². The zero-order valence-electron chi connectivity index (χ0n) is 14.2. The molecule has 0 radical (unpaired) electrons. The molecule has 3 N–H and O–H groups in total. The van der Waals surface area contributed by atoms with Crippen LogP contribution in [-0.2, 0) is 0 Å². The Bertz CT molecular complexity index is 823. The monoisotopic (exact) mass is 348 g/mol. The fraction of sp³-hybridized carbons (Fsp3) is 0.150. The van der Waals surface area contributed by atoms with Crippen LogP contribution < -0.4 is 10.6 Å². The number of aliphatic hydroxyl groups excluding tert-OH is 1. The van der Waals surface area contributed by atoms with Crippen molar-refractivity contribution in [2.75, 3.05) is 17.2 Å². The van der Waals surface area contributed by atoms with Crippen molar-refractivity contribution in [1.82, 2.24) is 10.2 Å². The highest BCUT2D eigenvalue weighted by molar-refractivity contribution is 6.02. The molecule has 0 fully saturated rings. The Hall–Kier alpha value is -3.25. The Morgan fingerprint density at radius 3 is 2.23 bits per heavy atom. The average molecular weight is 348 g/mol. The normalized spacial score (nSPS) is 11.6. The first-order valence-electron chi connectivity index (χ1n) is 8.39. The van der Waals surface area contributed by atoms with Crippen LogP contribution in [-0.4, -0.2) is 27.8 Å². The van der Waals surface area contributed by atoms with Crippen molar-refractivity contribution in [3.63, 3.8) is 0 Å². The molecule has 6 nitrogen and oxygen atoms in total. The summed E-state index contributed by atoms with van der Waals surface area (Å²) in [5, 5.41) is 23.4. The molecule has 1 heterocycles. The third-order valence-electron chi connectivity index (χ3n) is 3.87. The lowest BCUT2D eigenvalue weighted by Crippen LogP contribution is -2.16. The van der Waals surface area contributed by atoms with Gasteiger partial charge in [0.15, 0.2) is 5.69 Å². The minimum Gasteiger partial charge on any atom is -0.396 e. The first kappa shape index (κ1) is 17.6. The van der Waals surface area contributed by atoms with Crippen molar-refractivity contribution >= 4 is 17.4 Å². The van der Waals surface area contributed by atoms with E-state index in [9.17, 15) is 9.90 Å². The molecule has 1 amide bonds. The highest BCUT2D eigenvalue weighted by Crippen LogP contribution is 2.21. The Balaban J connectivity index is 1.67. The van der Waals surface area contributed by atoms with Crippen molar-refractivity contribution in [2.45, 2.75) is 12.5 Å². The lowest BCUT2D eigenvalue weighted by Gasteiger charge is -2.18. The Morgan fingerprint density at radius 1 is 0.923 bits per heavy atom. The number of hydrogen-bond acceptors (Lipinski definition) is 5. The third kappa shape index (κ3) is 4.64. The molecule has 1 atom stereocenters. The van der Waals surface area contributed by atoms with E-state index in [1.165, 1.54) is 0 Å². The molecule has 0 aliphatic carbocycles. The van der Waals surface area contributed by atoms with Gasteiger partial charge in [0.05, 0.1) is 6.04 Å². The molecule has 6 heteroatoms. The van der Waals surface area contributed by atoms with Gasteiger partial charge in [0, 0.05) is 12.3 Å². The molecule has 0 saturated carbocycles. The summed E-state index contributed by atoms with van der Waals surface area (Å²) in [4.78, 5) is 12.2. The van der Waals surface area contributed by atoms with Crippen LogP contribution in [0.2, 0.25) is 0 Å². The summed E-state index contributed by atoms with van der Waals surface area (Å²) in [5.41, 5.74) is 1.99. The average Bonchev–Trinajstić information content (AvgIpc) is 2.69. The Labute approximate surface area is 151 Å². The number of aromatic nitrogens is 2. The minimum absolute atomic E-state index is 0.0531. The van der Waals surface area contributed by atoms with Gasteiger partial charge in [-0.15, -0.1) is 10.2 Å². The van der Waals surface area contributed by atoms with Gasteiger partial charge in [-0.2, -0.15) is 0 Å². The van der Waals surface area contributed by atoms with Crippen molar-refractivity contribution < 1.29 is 9.90 Å². The van der Waals surface area contributed by atoms with Crippen LogP contribution in [0.4, 0.5) is 11.5 Å². The number of rotatable bonds is 7. The molecule has 0 unspecified atom stereocenters. The van der Waals surface area contributed by atoms with Crippen LogP contribution in [0, 0.1) is 0 Å². The predicted octanol–water partition coefficient (Wildman–Crippen LogP) is 3.26. The molecular formula is C20H20N4O2. The maximum Gasteiger partial charge on any atom is 0.276 e. The van der Waals surface area contributed by atoms with Gasteiger partial charge in [0.2, 0.25) is 0 Å². The number of carbonyl (C=O) groups excluding carboxylic acids is 1. The fourth-order valence-electron chi connectivity index (χ4n) is 2.56. The van der Waals surface area contributed by atoms with Gasteiger partial charge in [0.1, 0.15) is 5.82 Å². The van der Waals surface area contributed by atoms with Crippen molar-refractivity contribution in [1.29, 1.82) is 0 Å². The van der Waals surface area contributed by atoms with Crippen molar-refractivity contribution in [3.05, 3.63) is 84.1 Å². The molecule has 0 bridgehead atoms. The number of para-hydroxylation sites is 1. The summed E-state index contributed by atoms with van der Waals surface area (Å²) < 4.78 is 0. The summed E-state index contributed by atoms with van der Waals surface area (Å²) in [5.74, 6) is 0.230. The molecule has 0 aliphatic heterocycles. The van der Waals surface area contributed by atoms with Gasteiger partial charge in [-0.05, 0) is 36.2 Å². The predicted molar refractivity (Wildman–Crippen MR) is 101 cm³/mol. The zero-order chi connectivity index (χ0) is 18.2. The second kappa shape index (κ2) is 8.73. The number of hydrogen-bond donors (Lipinski definition) is 3. The molecule has 3 aromatic rings.